The third-order valence-electron chi connectivity index (χ3n) is 3.74. The molecule has 0 bridgehead atoms. The molecule has 1 saturated carbocycles. The van der Waals surface area contributed by atoms with Crippen molar-refractivity contribution in [2.75, 3.05) is 6.61 Å². The molecule has 0 atom stereocenters. The zero-order valence-electron chi connectivity index (χ0n) is 11.7. The van der Waals surface area contributed by atoms with E-state index in [-0.39, 0.29) is 5.97 Å². The number of hydrogen-bond acceptors (Lipinski definition) is 3. The largest absolute Gasteiger partial charge is 0.433 e. The highest BCUT2D eigenvalue weighted by Crippen LogP contribution is 2.35. The predicted molar refractivity (Wildman–Crippen MR) is 67.6 cm³/mol. The van der Waals surface area contributed by atoms with Gasteiger partial charge in [-0.1, -0.05) is 13.3 Å². The molecule has 0 aromatic heterocycles. The fraction of sp³-hybridized carbons (Fsp3) is 0.929. The molecule has 0 amide bonds. The van der Waals surface area contributed by atoms with Gasteiger partial charge >= 0.3 is 5.97 Å². The van der Waals surface area contributed by atoms with Crippen LogP contribution in [-0.4, -0.2) is 18.4 Å². The van der Waals surface area contributed by atoms with Crippen LogP contribution in [0.15, 0.2) is 0 Å². The van der Waals surface area contributed by atoms with E-state index in [0.717, 1.165) is 32.1 Å². The van der Waals surface area contributed by atoms with Crippen LogP contribution in [0.25, 0.3) is 0 Å². The van der Waals surface area contributed by atoms with Crippen LogP contribution in [0.4, 0.5) is 0 Å². The average molecular weight is 242 g/mol. The van der Waals surface area contributed by atoms with Gasteiger partial charge in [0, 0.05) is 19.4 Å². The number of carbonyl (C=O) groups excluding carboxylic acids is 1. The quantitative estimate of drug-likeness (QED) is 0.545. The maximum atomic E-state index is 12.1. The van der Waals surface area contributed by atoms with Crippen molar-refractivity contribution >= 4 is 5.97 Å². The minimum absolute atomic E-state index is 0.129. The Morgan fingerprint density at radius 1 is 1.18 bits per heavy atom. The third-order valence-corrected chi connectivity index (χ3v) is 3.74. The summed E-state index contributed by atoms with van der Waals surface area (Å²) in [5, 5.41) is 0. The highest BCUT2D eigenvalue weighted by molar-refractivity contribution is 5.76. The first-order valence-corrected chi connectivity index (χ1v) is 6.83. The molecule has 1 fully saturated rings. The Morgan fingerprint density at radius 2 is 1.76 bits per heavy atom. The van der Waals surface area contributed by atoms with E-state index in [2.05, 4.69) is 0 Å². The van der Waals surface area contributed by atoms with Crippen LogP contribution >= 0.6 is 0 Å². The maximum absolute atomic E-state index is 12.1. The predicted octanol–water partition coefficient (Wildman–Crippen LogP) is 3.66. The molecule has 0 saturated heterocycles. The zero-order chi connectivity index (χ0) is 12.9. The molecule has 0 radical (unpaired) electrons. The van der Waals surface area contributed by atoms with Crippen molar-refractivity contribution in [1.29, 1.82) is 0 Å². The average Bonchev–Trinajstić information content (AvgIpc) is 2.30. The van der Waals surface area contributed by atoms with Crippen LogP contribution in [0.2, 0.25) is 0 Å². The summed E-state index contributed by atoms with van der Waals surface area (Å²) >= 11 is 0. The maximum Gasteiger partial charge on any atom is 0.313 e. The molecule has 1 aliphatic carbocycles. The summed E-state index contributed by atoms with van der Waals surface area (Å²) in [5.41, 5.74) is -0.415. The Balaban J connectivity index is 2.69. The molecule has 1 aliphatic rings. The first-order valence-electron chi connectivity index (χ1n) is 6.83. The van der Waals surface area contributed by atoms with Crippen molar-refractivity contribution in [3.8, 4) is 0 Å². The number of ether oxygens (including phenoxy) is 2. The molecule has 0 heterocycles. The summed E-state index contributed by atoms with van der Waals surface area (Å²) in [5.74, 6) is -0.772. The lowest BCUT2D eigenvalue weighted by Gasteiger charge is -2.38. The van der Waals surface area contributed by atoms with Gasteiger partial charge in [0.05, 0.1) is 5.41 Å². The fourth-order valence-corrected chi connectivity index (χ4v) is 2.08. The first-order chi connectivity index (χ1) is 7.96. The first kappa shape index (κ1) is 14.5. The number of esters is 1. The van der Waals surface area contributed by atoms with Crippen molar-refractivity contribution < 1.29 is 14.3 Å². The minimum Gasteiger partial charge on any atom is -0.433 e. The second kappa shape index (κ2) is 5.85. The minimum atomic E-state index is -0.642. The molecular formula is C14H26O3. The summed E-state index contributed by atoms with van der Waals surface area (Å²) in [7, 11) is 0. The lowest BCUT2D eigenvalue weighted by Crippen LogP contribution is -2.43. The second-order valence-electron chi connectivity index (χ2n) is 5.53. The van der Waals surface area contributed by atoms with Crippen LogP contribution in [0.5, 0.6) is 0 Å². The Bertz CT molecular complexity index is 247. The van der Waals surface area contributed by atoms with E-state index in [1.54, 1.807) is 0 Å². The number of hydrogen-bond donors (Lipinski definition) is 0. The fourth-order valence-electron chi connectivity index (χ4n) is 2.08. The molecular weight excluding hydrogens is 216 g/mol. The van der Waals surface area contributed by atoms with Gasteiger partial charge in [0.15, 0.2) is 0 Å². The van der Waals surface area contributed by atoms with Crippen LogP contribution < -0.4 is 0 Å². The topological polar surface area (TPSA) is 35.5 Å². The Hall–Kier alpha value is -0.570. The summed E-state index contributed by atoms with van der Waals surface area (Å²) in [6.45, 7) is 8.42. The standard InChI is InChI=1S/C14H26O3/c1-5-13(3,4)12(15)17-14(16-6-2)10-8-7-9-11-14/h5-11H2,1-4H3. The number of rotatable bonds is 5. The van der Waals surface area contributed by atoms with Gasteiger partial charge in [-0.3, -0.25) is 4.79 Å². The summed E-state index contributed by atoms with van der Waals surface area (Å²) < 4.78 is 11.5. The molecule has 17 heavy (non-hydrogen) atoms. The smallest absolute Gasteiger partial charge is 0.313 e. The molecule has 0 unspecified atom stereocenters. The summed E-state index contributed by atoms with van der Waals surface area (Å²) in [4.78, 5) is 12.1. The monoisotopic (exact) mass is 242 g/mol. The van der Waals surface area contributed by atoms with Crippen LogP contribution in [0, 0.1) is 5.41 Å². The van der Waals surface area contributed by atoms with Gasteiger partial charge in [-0.05, 0) is 40.0 Å². The van der Waals surface area contributed by atoms with E-state index >= 15 is 0 Å². The lowest BCUT2D eigenvalue weighted by atomic mass is 9.89. The van der Waals surface area contributed by atoms with E-state index in [1.807, 2.05) is 27.7 Å². The molecule has 1 rings (SSSR count). The molecule has 0 N–H and O–H groups in total. The van der Waals surface area contributed by atoms with Gasteiger partial charge < -0.3 is 9.47 Å². The Morgan fingerprint density at radius 3 is 2.24 bits per heavy atom. The second-order valence-corrected chi connectivity index (χ2v) is 5.53. The van der Waals surface area contributed by atoms with Gasteiger partial charge in [-0.25, -0.2) is 0 Å². The third kappa shape index (κ3) is 3.70. The van der Waals surface area contributed by atoms with Crippen LogP contribution in [0.3, 0.4) is 0 Å². The van der Waals surface area contributed by atoms with Crippen LogP contribution in [-0.2, 0) is 14.3 Å². The van der Waals surface area contributed by atoms with Gasteiger partial charge in [0.2, 0.25) is 5.79 Å². The van der Waals surface area contributed by atoms with Crippen molar-refractivity contribution in [2.45, 2.75) is 72.0 Å². The number of carbonyl (C=O) groups is 1. The molecule has 0 spiro atoms. The lowest BCUT2D eigenvalue weighted by molar-refractivity contribution is -0.249. The van der Waals surface area contributed by atoms with E-state index in [4.69, 9.17) is 9.47 Å². The van der Waals surface area contributed by atoms with E-state index in [9.17, 15) is 4.79 Å². The van der Waals surface area contributed by atoms with E-state index in [0.29, 0.717) is 6.61 Å². The highest BCUT2D eigenvalue weighted by atomic mass is 16.7. The van der Waals surface area contributed by atoms with Gasteiger partial charge in [-0.15, -0.1) is 0 Å². The molecule has 0 aromatic carbocycles. The summed E-state index contributed by atoms with van der Waals surface area (Å²) in [6, 6.07) is 0. The van der Waals surface area contributed by atoms with Gasteiger partial charge in [0.25, 0.3) is 0 Å². The SMILES string of the molecule is CCOC1(OC(=O)C(C)(C)CC)CCCCC1. The van der Waals surface area contributed by atoms with Crippen LogP contribution in [0.1, 0.15) is 66.2 Å². The van der Waals surface area contributed by atoms with Gasteiger partial charge in [0.1, 0.15) is 0 Å². The van der Waals surface area contributed by atoms with E-state index in [1.165, 1.54) is 6.42 Å². The zero-order valence-corrected chi connectivity index (χ0v) is 11.7. The molecule has 0 aromatic rings. The van der Waals surface area contributed by atoms with Crippen molar-refractivity contribution in [2.24, 2.45) is 5.41 Å². The Labute approximate surface area is 105 Å². The van der Waals surface area contributed by atoms with Gasteiger partial charge in [-0.2, -0.15) is 0 Å². The molecule has 0 aliphatic heterocycles. The highest BCUT2D eigenvalue weighted by Gasteiger charge is 2.40. The molecule has 100 valence electrons. The molecule has 3 nitrogen and oxygen atoms in total. The van der Waals surface area contributed by atoms with Crippen molar-refractivity contribution in [1.82, 2.24) is 0 Å². The molecule has 3 heteroatoms. The van der Waals surface area contributed by atoms with E-state index < -0.39 is 11.2 Å². The Kier molecular flexibility index (Phi) is 4.99. The normalized spacial score (nSPS) is 20.0. The van der Waals surface area contributed by atoms with Crippen molar-refractivity contribution in [3.05, 3.63) is 0 Å². The van der Waals surface area contributed by atoms with Crippen molar-refractivity contribution in [3.63, 3.8) is 0 Å². The summed E-state index contributed by atoms with van der Waals surface area (Å²) in [6.07, 6.45) is 5.84.